The van der Waals surface area contributed by atoms with Gasteiger partial charge in [-0.2, -0.15) is 0 Å². The molecule has 0 amide bonds. The molecule has 0 N–H and O–H groups in total. The number of aryl methyl sites for hydroxylation is 4. The quantitative estimate of drug-likeness (QED) is 0.135. The Morgan fingerprint density at radius 3 is 1.00 bits per heavy atom. The third-order valence-electron chi connectivity index (χ3n) is 13.5. The molecular formula is C67H59N3. The first-order valence-corrected chi connectivity index (χ1v) is 24.3. The second-order valence-electron chi connectivity index (χ2n) is 19.0. The number of hydrogen-bond donors (Lipinski definition) is 0. The predicted octanol–water partition coefficient (Wildman–Crippen LogP) is 19.0. The summed E-state index contributed by atoms with van der Waals surface area (Å²) >= 11 is 0. The molecule has 0 fully saturated rings. The maximum Gasteiger partial charge on any atom is 0.0465 e. The maximum absolute atomic E-state index is 2.38. The molecule has 1 aliphatic carbocycles. The second kappa shape index (κ2) is 19.7. The maximum atomic E-state index is 2.38. The van der Waals surface area contributed by atoms with Crippen LogP contribution >= 0.6 is 0 Å². The second-order valence-corrected chi connectivity index (χ2v) is 19.0. The van der Waals surface area contributed by atoms with Crippen molar-refractivity contribution in [3.63, 3.8) is 0 Å². The molecule has 0 unspecified atom stereocenters. The summed E-state index contributed by atoms with van der Waals surface area (Å²) < 4.78 is 0. The highest BCUT2D eigenvalue weighted by molar-refractivity contribution is 5.86. The van der Waals surface area contributed by atoms with Gasteiger partial charge in [0.05, 0.1) is 0 Å². The van der Waals surface area contributed by atoms with Crippen LogP contribution in [0.1, 0.15) is 47.2 Å². The van der Waals surface area contributed by atoms with Crippen LogP contribution in [-0.4, -0.2) is 0 Å². The van der Waals surface area contributed by atoms with Crippen molar-refractivity contribution in [2.45, 2.75) is 47.0 Å². The highest BCUT2D eigenvalue weighted by Gasteiger charge is 2.35. The van der Waals surface area contributed by atoms with Gasteiger partial charge in [0.2, 0.25) is 0 Å². The smallest absolute Gasteiger partial charge is 0.0465 e. The van der Waals surface area contributed by atoms with Crippen LogP contribution in [-0.2, 0) is 5.41 Å². The average molecular weight is 906 g/mol. The SMILES string of the molecule is Cc1ccc(N(c2ccc(C)cc2)c2ccc3c(c2)C(C)(C)c2ccccc2-3)cc1.Cc1cccc(N(c2ccccc2)c2ccc(-c3ccc(N(c4ccccc4)c4cccc(C)c4)cc3)cc2)c1. The van der Waals surface area contributed by atoms with E-state index in [-0.39, 0.29) is 5.41 Å². The zero-order valence-electron chi connectivity index (χ0n) is 41.0. The van der Waals surface area contributed by atoms with E-state index in [2.05, 4.69) is 305 Å². The first-order valence-electron chi connectivity index (χ1n) is 24.3. The molecule has 11 rings (SSSR count). The molecule has 0 bridgehead atoms. The monoisotopic (exact) mass is 905 g/mol. The van der Waals surface area contributed by atoms with Crippen molar-refractivity contribution in [1.82, 2.24) is 0 Å². The van der Waals surface area contributed by atoms with E-state index in [0.29, 0.717) is 0 Å². The van der Waals surface area contributed by atoms with Crippen LogP contribution in [0.5, 0.6) is 0 Å². The number of hydrogen-bond acceptors (Lipinski definition) is 3. The molecular weight excluding hydrogens is 847 g/mol. The lowest BCUT2D eigenvalue weighted by atomic mass is 9.82. The summed E-state index contributed by atoms with van der Waals surface area (Å²) in [5.41, 5.74) is 23.3. The molecule has 342 valence electrons. The molecule has 0 atom stereocenters. The molecule has 3 heteroatoms. The van der Waals surface area contributed by atoms with Gasteiger partial charge in [-0.05, 0) is 181 Å². The number of rotatable bonds is 10. The largest absolute Gasteiger partial charge is 0.310 e. The standard InChI is InChI=1S/C38H32N2.C29H27N/c1-29-11-9-17-37(27-29)39(33-13-5-3-6-14-33)35-23-19-31(20-24-35)32-21-25-36(26-22-32)40(34-15-7-4-8-16-34)38-18-10-12-30(2)28-38;1-20-9-13-22(14-10-20)30(23-15-11-21(2)12-16-23)24-17-18-26-25-7-5-6-8-27(25)29(3,4)28(26)19-24/h3-28H,1-2H3;5-19H,1-4H3. The Hall–Kier alpha value is -8.40. The third-order valence-corrected chi connectivity index (χ3v) is 13.5. The molecule has 70 heavy (non-hydrogen) atoms. The highest BCUT2D eigenvalue weighted by Crippen LogP contribution is 2.50. The molecule has 0 radical (unpaired) electrons. The lowest BCUT2D eigenvalue weighted by molar-refractivity contribution is 0.660. The van der Waals surface area contributed by atoms with Crippen LogP contribution in [0.4, 0.5) is 51.2 Å². The number of anilines is 9. The number of nitrogens with zero attached hydrogens (tertiary/aromatic N) is 3. The van der Waals surface area contributed by atoms with Gasteiger partial charge in [0.15, 0.2) is 0 Å². The van der Waals surface area contributed by atoms with Gasteiger partial charge in [-0.1, -0.05) is 165 Å². The fraction of sp³-hybridized carbons (Fsp3) is 0.104. The van der Waals surface area contributed by atoms with E-state index < -0.39 is 0 Å². The van der Waals surface area contributed by atoms with E-state index in [1.807, 2.05) is 0 Å². The molecule has 0 heterocycles. The summed E-state index contributed by atoms with van der Waals surface area (Å²) in [7, 11) is 0. The first kappa shape index (κ1) is 45.4. The number of fused-ring (bicyclic) bond motifs is 3. The van der Waals surface area contributed by atoms with Crippen LogP contribution in [0.15, 0.2) is 249 Å². The Morgan fingerprint density at radius 1 is 0.243 bits per heavy atom. The fourth-order valence-corrected chi connectivity index (χ4v) is 9.85. The van der Waals surface area contributed by atoms with Crippen molar-refractivity contribution in [3.8, 4) is 22.3 Å². The highest BCUT2D eigenvalue weighted by atomic mass is 15.2. The molecule has 0 saturated carbocycles. The minimum absolute atomic E-state index is 0.00579. The van der Waals surface area contributed by atoms with Crippen molar-refractivity contribution in [2.75, 3.05) is 14.7 Å². The number of para-hydroxylation sites is 2. The van der Waals surface area contributed by atoms with Crippen molar-refractivity contribution < 1.29 is 0 Å². The van der Waals surface area contributed by atoms with E-state index in [1.54, 1.807) is 0 Å². The summed E-state index contributed by atoms with van der Waals surface area (Å²) in [6, 6.07) is 89.4. The minimum atomic E-state index is -0.00579. The van der Waals surface area contributed by atoms with Gasteiger partial charge < -0.3 is 14.7 Å². The Bertz CT molecular complexity index is 3180. The van der Waals surface area contributed by atoms with Gasteiger partial charge in [-0.15, -0.1) is 0 Å². The molecule has 1 aliphatic rings. The third kappa shape index (κ3) is 9.39. The molecule has 0 spiro atoms. The zero-order chi connectivity index (χ0) is 48.2. The molecule has 10 aromatic rings. The first-order chi connectivity index (χ1) is 34.1. The molecule has 0 aliphatic heterocycles. The van der Waals surface area contributed by atoms with Gasteiger partial charge in [0, 0.05) is 56.6 Å². The Balaban J connectivity index is 0.000000169. The summed E-state index contributed by atoms with van der Waals surface area (Å²) in [6.45, 7) is 13.2. The van der Waals surface area contributed by atoms with Crippen LogP contribution in [0.2, 0.25) is 0 Å². The fourth-order valence-electron chi connectivity index (χ4n) is 9.85. The Kier molecular flexibility index (Phi) is 12.8. The molecule has 0 saturated heterocycles. The van der Waals surface area contributed by atoms with Crippen molar-refractivity contribution >= 4 is 51.2 Å². The van der Waals surface area contributed by atoms with E-state index in [0.717, 1.165) is 34.1 Å². The molecule has 10 aromatic carbocycles. The summed E-state index contributed by atoms with van der Waals surface area (Å²) in [4.78, 5) is 6.97. The van der Waals surface area contributed by atoms with E-state index >= 15 is 0 Å². The number of benzene rings is 10. The van der Waals surface area contributed by atoms with Gasteiger partial charge >= 0.3 is 0 Å². The van der Waals surface area contributed by atoms with Crippen molar-refractivity contribution in [3.05, 3.63) is 282 Å². The van der Waals surface area contributed by atoms with Crippen LogP contribution in [0.3, 0.4) is 0 Å². The Labute approximate surface area is 415 Å². The van der Waals surface area contributed by atoms with Crippen molar-refractivity contribution in [2.24, 2.45) is 0 Å². The van der Waals surface area contributed by atoms with Crippen LogP contribution in [0, 0.1) is 27.7 Å². The lowest BCUT2D eigenvalue weighted by Crippen LogP contribution is -2.16. The van der Waals surface area contributed by atoms with Crippen LogP contribution < -0.4 is 14.7 Å². The molecule has 3 nitrogen and oxygen atoms in total. The average Bonchev–Trinajstić information content (AvgIpc) is 3.62. The minimum Gasteiger partial charge on any atom is -0.310 e. The predicted molar refractivity (Wildman–Crippen MR) is 299 cm³/mol. The summed E-state index contributed by atoms with van der Waals surface area (Å²) in [5.74, 6) is 0. The van der Waals surface area contributed by atoms with Gasteiger partial charge in [-0.3, -0.25) is 0 Å². The van der Waals surface area contributed by atoms with Gasteiger partial charge in [-0.25, -0.2) is 0 Å². The summed E-state index contributed by atoms with van der Waals surface area (Å²) in [5, 5.41) is 0. The normalized spacial score (nSPS) is 12.0. The van der Waals surface area contributed by atoms with E-state index in [1.165, 1.54) is 72.7 Å². The summed E-state index contributed by atoms with van der Waals surface area (Å²) in [6.07, 6.45) is 0. The van der Waals surface area contributed by atoms with E-state index in [9.17, 15) is 0 Å². The van der Waals surface area contributed by atoms with Gasteiger partial charge in [0.1, 0.15) is 0 Å². The Morgan fingerprint density at radius 2 is 0.571 bits per heavy atom. The molecule has 0 aromatic heterocycles. The lowest BCUT2D eigenvalue weighted by Gasteiger charge is -2.28. The van der Waals surface area contributed by atoms with Crippen molar-refractivity contribution in [1.29, 1.82) is 0 Å². The van der Waals surface area contributed by atoms with Crippen LogP contribution in [0.25, 0.3) is 22.3 Å². The zero-order valence-corrected chi connectivity index (χ0v) is 41.0. The topological polar surface area (TPSA) is 9.72 Å². The van der Waals surface area contributed by atoms with E-state index in [4.69, 9.17) is 0 Å². The van der Waals surface area contributed by atoms with Gasteiger partial charge in [0.25, 0.3) is 0 Å².